The quantitative estimate of drug-likeness (QED) is 0.616. The predicted molar refractivity (Wildman–Crippen MR) is 51.2 cm³/mol. The Labute approximate surface area is 74.6 Å². The minimum atomic E-state index is 1.09. The summed E-state index contributed by atoms with van der Waals surface area (Å²) in [6.07, 6.45) is 6.59. The van der Waals surface area contributed by atoms with Crippen molar-refractivity contribution < 1.29 is 0 Å². The van der Waals surface area contributed by atoms with E-state index in [2.05, 4.69) is 16.3 Å². The molecule has 0 saturated carbocycles. The van der Waals surface area contributed by atoms with E-state index < -0.39 is 0 Å². The number of nitrogens with zero attached hydrogens (tertiary/aromatic N) is 1. The van der Waals surface area contributed by atoms with Crippen molar-refractivity contribution in [3.63, 3.8) is 0 Å². The summed E-state index contributed by atoms with van der Waals surface area (Å²) in [7, 11) is 0. The Bertz CT molecular complexity index is 169. The first-order valence-electron chi connectivity index (χ1n) is 5.06. The lowest BCUT2D eigenvalue weighted by Gasteiger charge is -2.26. The Hall–Kier alpha value is -0.340. The summed E-state index contributed by atoms with van der Waals surface area (Å²) < 4.78 is 0. The Morgan fingerprint density at radius 3 is 2.75 bits per heavy atom. The molecule has 2 rings (SSSR count). The van der Waals surface area contributed by atoms with Crippen LogP contribution in [0.2, 0.25) is 0 Å². The molecule has 0 spiro atoms. The highest BCUT2D eigenvalue weighted by Crippen LogP contribution is 2.11. The summed E-state index contributed by atoms with van der Waals surface area (Å²) in [6, 6.07) is 0. The number of rotatable bonds is 2. The van der Waals surface area contributed by atoms with E-state index in [4.69, 9.17) is 0 Å². The van der Waals surface area contributed by atoms with Gasteiger partial charge in [-0.2, -0.15) is 0 Å². The second kappa shape index (κ2) is 4.06. The molecule has 0 aromatic heterocycles. The molecule has 0 aromatic carbocycles. The third-order valence-electron chi connectivity index (χ3n) is 2.76. The lowest BCUT2D eigenvalue weighted by atomic mass is 10.1. The Morgan fingerprint density at radius 2 is 2.08 bits per heavy atom. The zero-order valence-corrected chi connectivity index (χ0v) is 7.68. The van der Waals surface area contributed by atoms with Crippen molar-refractivity contribution in [3.8, 4) is 0 Å². The zero-order valence-electron chi connectivity index (χ0n) is 7.68. The van der Waals surface area contributed by atoms with Crippen molar-refractivity contribution >= 4 is 0 Å². The van der Waals surface area contributed by atoms with Crippen LogP contribution in [0.15, 0.2) is 11.6 Å². The molecule has 12 heavy (non-hydrogen) atoms. The standard InChI is InChI=1S/C10H18N2/c1-2-6-12(7-3-1)9-10-4-5-11-8-10/h4,11H,1-3,5-9H2. The molecule has 0 aromatic rings. The van der Waals surface area contributed by atoms with Crippen LogP contribution < -0.4 is 5.32 Å². The van der Waals surface area contributed by atoms with Gasteiger partial charge in [0.2, 0.25) is 0 Å². The van der Waals surface area contributed by atoms with E-state index in [0.717, 1.165) is 13.1 Å². The number of hydrogen-bond acceptors (Lipinski definition) is 2. The van der Waals surface area contributed by atoms with Gasteiger partial charge in [-0.25, -0.2) is 0 Å². The van der Waals surface area contributed by atoms with Crippen molar-refractivity contribution in [2.24, 2.45) is 0 Å². The van der Waals surface area contributed by atoms with Crippen molar-refractivity contribution in [2.45, 2.75) is 19.3 Å². The summed E-state index contributed by atoms with van der Waals surface area (Å²) in [5.74, 6) is 0. The molecule has 0 unspecified atom stereocenters. The summed E-state index contributed by atoms with van der Waals surface area (Å²) in [5.41, 5.74) is 1.59. The largest absolute Gasteiger partial charge is 0.309 e. The van der Waals surface area contributed by atoms with Gasteiger partial charge in [0.05, 0.1) is 0 Å². The Morgan fingerprint density at radius 1 is 1.25 bits per heavy atom. The van der Waals surface area contributed by atoms with Crippen LogP contribution in [0.4, 0.5) is 0 Å². The van der Waals surface area contributed by atoms with Gasteiger partial charge in [0.15, 0.2) is 0 Å². The van der Waals surface area contributed by atoms with Crippen LogP contribution in [-0.4, -0.2) is 37.6 Å². The summed E-state index contributed by atoms with van der Waals surface area (Å²) in [4.78, 5) is 2.59. The van der Waals surface area contributed by atoms with Crippen LogP contribution in [0.3, 0.4) is 0 Å². The number of nitrogens with one attached hydrogen (secondary N) is 1. The first kappa shape index (κ1) is 8.27. The highest BCUT2D eigenvalue weighted by molar-refractivity contribution is 5.12. The third-order valence-corrected chi connectivity index (χ3v) is 2.76. The molecule has 0 bridgehead atoms. The molecule has 0 radical (unpaired) electrons. The lowest BCUT2D eigenvalue weighted by molar-refractivity contribution is 0.246. The Kier molecular flexibility index (Phi) is 2.79. The smallest absolute Gasteiger partial charge is 0.0206 e. The van der Waals surface area contributed by atoms with Gasteiger partial charge in [-0.15, -0.1) is 0 Å². The highest BCUT2D eigenvalue weighted by atomic mass is 15.1. The van der Waals surface area contributed by atoms with Crippen molar-refractivity contribution in [1.82, 2.24) is 10.2 Å². The normalized spacial score (nSPS) is 25.8. The maximum Gasteiger partial charge on any atom is 0.0206 e. The molecule has 1 saturated heterocycles. The van der Waals surface area contributed by atoms with Crippen molar-refractivity contribution in [1.29, 1.82) is 0 Å². The average molecular weight is 166 g/mol. The van der Waals surface area contributed by atoms with Crippen molar-refractivity contribution in [3.05, 3.63) is 11.6 Å². The maximum absolute atomic E-state index is 3.34. The summed E-state index contributed by atoms with van der Waals surface area (Å²) in [5, 5.41) is 3.34. The molecule has 0 amide bonds. The second-order valence-corrected chi connectivity index (χ2v) is 3.83. The first-order valence-corrected chi connectivity index (χ1v) is 5.06. The molecule has 1 fully saturated rings. The van der Waals surface area contributed by atoms with E-state index in [1.54, 1.807) is 5.57 Å². The molecule has 2 heterocycles. The van der Waals surface area contributed by atoms with E-state index in [1.165, 1.54) is 38.9 Å². The molecule has 68 valence electrons. The molecular formula is C10H18N2. The molecule has 2 aliphatic rings. The molecule has 2 aliphatic heterocycles. The van der Waals surface area contributed by atoms with Gasteiger partial charge in [-0.05, 0) is 31.5 Å². The van der Waals surface area contributed by atoms with Gasteiger partial charge in [0.1, 0.15) is 0 Å². The van der Waals surface area contributed by atoms with Gasteiger partial charge >= 0.3 is 0 Å². The number of piperidine rings is 1. The maximum atomic E-state index is 3.34. The summed E-state index contributed by atoms with van der Waals surface area (Å²) in [6.45, 7) is 6.06. The van der Waals surface area contributed by atoms with Crippen LogP contribution in [0.5, 0.6) is 0 Å². The fraction of sp³-hybridized carbons (Fsp3) is 0.800. The Balaban J connectivity index is 1.77. The van der Waals surface area contributed by atoms with E-state index in [9.17, 15) is 0 Å². The minimum absolute atomic E-state index is 1.09. The van der Waals surface area contributed by atoms with Crippen LogP contribution in [0, 0.1) is 0 Å². The van der Waals surface area contributed by atoms with Crippen molar-refractivity contribution in [2.75, 3.05) is 32.7 Å². The van der Waals surface area contributed by atoms with E-state index in [1.807, 2.05) is 0 Å². The molecule has 2 nitrogen and oxygen atoms in total. The summed E-state index contributed by atoms with van der Waals surface area (Å²) >= 11 is 0. The van der Waals surface area contributed by atoms with E-state index in [-0.39, 0.29) is 0 Å². The molecule has 0 atom stereocenters. The van der Waals surface area contributed by atoms with Gasteiger partial charge in [0, 0.05) is 19.6 Å². The number of likely N-dealkylation sites (tertiary alicyclic amines) is 1. The molecule has 0 aliphatic carbocycles. The molecule has 2 heteroatoms. The SMILES string of the molecule is C1=C(CN2CCCCC2)CNC1. The van der Waals surface area contributed by atoms with Crippen LogP contribution in [-0.2, 0) is 0 Å². The van der Waals surface area contributed by atoms with Crippen LogP contribution in [0.25, 0.3) is 0 Å². The average Bonchev–Trinajstić information content (AvgIpc) is 2.59. The lowest BCUT2D eigenvalue weighted by Crippen LogP contribution is -2.32. The first-order chi connectivity index (χ1) is 5.95. The van der Waals surface area contributed by atoms with Gasteiger partial charge in [-0.3, -0.25) is 4.90 Å². The predicted octanol–water partition coefficient (Wildman–Crippen LogP) is 1.00. The fourth-order valence-electron chi connectivity index (χ4n) is 2.05. The topological polar surface area (TPSA) is 15.3 Å². The van der Waals surface area contributed by atoms with E-state index >= 15 is 0 Å². The highest BCUT2D eigenvalue weighted by Gasteiger charge is 2.12. The zero-order chi connectivity index (χ0) is 8.23. The third kappa shape index (κ3) is 2.08. The van der Waals surface area contributed by atoms with Gasteiger partial charge < -0.3 is 5.32 Å². The van der Waals surface area contributed by atoms with E-state index in [0.29, 0.717) is 0 Å². The minimum Gasteiger partial charge on any atom is -0.309 e. The van der Waals surface area contributed by atoms with Crippen LogP contribution >= 0.6 is 0 Å². The van der Waals surface area contributed by atoms with Gasteiger partial charge in [-0.1, -0.05) is 12.5 Å². The van der Waals surface area contributed by atoms with Gasteiger partial charge in [0.25, 0.3) is 0 Å². The van der Waals surface area contributed by atoms with Crippen LogP contribution in [0.1, 0.15) is 19.3 Å². The number of hydrogen-bond donors (Lipinski definition) is 1. The monoisotopic (exact) mass is 166 g/mol. The fourth-order valence-corrected chi connectivity index (χ4v) is 2.05. The molecule has 1 N–H and O–H groups in total. The second-order valence-electron chi connectivity index (χ2n) is 3.83. The molecular weight excluding hydrogens is 148 g/mol.